The van der Waals surface area contributed by atoms with E-state index >= 15 is 0 Å². The molecule has 0 aromatic carbocycles. The maximum atomic E-state index is 8.49. The van der Waals surface area contributed by atoms with Crippen LogP contribution in [0.15, 0.2) is 10.4 Å². The normalized spacial score (nSPS) is 11.6. The first-order chi connectivity index (χ1) is 7.66. The summed E-state index contributed by atoms with van der Waals surface area (Å²) in [6, 6.07) is 0. The van der Waals surface area contributed by atoms with Crippen LogP contribution in [0.2, 0.25) is 0 Å². The Labute approximate surface area is 113 Å². The molecule has 0 radical (unpaired) electrons. The van der Waals surface area contributed by atoms with Gasteiger partial charge in [-0.15, -0.1) is 22.0 Å². The predicted molar refractivity (Wildman–Crippen MR) is 59.5 cm³/mol. The summed E-state index contributed by atoms with van der Waals surface area (Å²) >= 11 is 7.64. The Bertz CT molecular complexity index is 244. The van der Waals surface area contributed by atoms with Gasteiger partial charge in [0, 0.05) is 6.08 Å². The molecule has 5 nitrogen and oxygen atoms in total. The first kappa shape index (κ1) is 19.5. The van der Waals surface area contributed by atoms with Gasteiger partial charge in [0.15, 0.2) is 6.21 Å². The molecule has 0 spiro atoms. The van der Waals surface area contributed by atoms with Gasteiger partial charge in [-0.1, -0.05) is 24.9 Å². The zero-order chi connectivity index (χ0) is 13.9. The summed E-state index contributed by atoms with van der Waals surface area (Å²) < 4.78 is 36.8. The van der Waals surface area contributed by atoms with E-state index in [0.29, 0.717) is 0 Å². The van der Waals surface area contributed by atoms with Crippen molar-refractivity contribution in [3.05, 3.63) is 10.4 Å². The van der Waals surface area contributed by atoms with E-state index in [-0.39, 0.29) is 0 Å². The van der Waals surface area contributed by atoms with Crippen molar-refractivity contribution in [2.75, 3.05) is 19.8 Å². The number of halogens is 2. The lowest BCUT2D eigenvalue weighted by atomic mass is 10.4. The average Bonchev–Trinajstić information content (AvgIpc) is 2.12. The molecule has 0 saturated carbocycles. The average molecular weight is 306 g/mol. The Kier molecular flexibility index (Phi) is 13.0. The molecule has 0 heterocycles. The smallest absolute Gasteiger partial charge is 0.164 e. The number of hydrogen-bond acceptors (Lipinski definition) is 5. The highest BCUT2D eigenvalue weighted by atomic mass is 35.7. The van der Waals surface area contributed by atoms with Gasteiger partial charge in [-0.2, -0.15) is 0 Å². The number of thioether (sulfide) groups is 1. The van der Waals surface area contributed by atoms with Crippen molar-refractivity contribution in [3.63, 3.8) is 0 Å². The third-order valence-corrected chi connectivity index (χ3v) is 2.60. The summed E-state index contributed by atoms with van der Waals surface area (Å²) in [5.41, 5.74) is 0. The molecule has 0 N–H and O–H groups in total. The number of allylic oxidation sites excluding steroid dienone is 1. The Morgan fingerprint density at radius 1 is 1.29 bits per heavy atom. The molecule has 0 aliphatic carbocycles. The molecule has 0 amide bonds. The van der Waals surface area contributed by atoms with Crippen LogP contribution >= 0.6 is 23.4 Å². The van der Waals surface area contributed by atoms with Crippen LogP contribution < -0.4 is 18.6 Å². The van der Waals surface area contributed by atoms with E-state index in [0.717, 1.165) is 10.1 Å². The molecular formula is C9H17Cl2NO4S. The van der Waals surface area contributed by atoms with Crippen LogP contribution in [-0.2, 0) is 0 Å². The van der Waals surface area contributed by atoms with E-state index in [1.54, 1.807) is 11.8 Å². The highest BCUT2D eigenvalue weighted by Gasteiger charge is 1.92. The first-order valence-electron chi connectivity index (χ1n) is 4.78. The molecule has 0 aromatic heterocycles. The second kappa shape index (κ2) is 11.3. The molecule has 0 aromatic rings. The van der Waals surface area contributed by atoms with Crippen LogP contribution in [0.25, 0.3) is 0 Å². The largest absolute Gasteiger partial charge is 0.241 e. The lowest BCUT2D eigenvalue weighted by molar-refractivity contribution is -2.00. The van der Waals surface area contributed by atoms with Gasteiger partial charge in [0.1, 0.15) is 14.1 Å². The van der Waals surface area contributed by atoms with Crippen molar-refractivity contribution in [1.82, 2.24) is 0 Å². The lowest BCUT2D eigenvalue weighted by Crippen LogP contribution is -2.68. The highest BCUT2D eigenvalue weighted by molar-refractivity contribution is 8.04. The van der Waals surface area contributed by atoms with Crippen LogP contribution in [0.1, 0.15) is 19.8 Å². The SMILES string of the molecule is CCCCS/C(Cl)=C/C=[N+](C)C.[O-][Cl+3]([O-])([O-])[O-]. The molecule has 0 aliphatic rings. The zero-order valence-corrected chi connectivity index (χ0v) is 12.3. The topological polar surface area (TPSA) is 95.2 Å². The Morgan fingerprint density at radius 2 is 1.76 bits per heavy atom. The minimum Gasteiger partial charge on any atom is -0.241 e. The molecule has 0 fully saturated rings. The van der Waals surface area contributed by atoms with Crippen molar-refractivity contribution >= 4 is 29.6 Å². The van der Waals surface area contributed by atoms with Crippen molar-refractivity contribution < 1.29 is 33.5 Å². The van der Waals surface area contributed by atoms with Gasteiger partial charge in [0.05, 0.1) is 4.36 Å². The monoisotopic (exact) mass is 305 g/mol. The highest BCUT2D eigenvalue weighted by Crippen LogP contribution is 2.20. The molecule has 8 heteroatoms. The van der Waals surface area contributed by atoms with E-state index in [1.165, 1.54) is 12.8 Å². The fourth-order valence-corrected chi connectivity index (χ4v) is 1.64. The maximum absolute atomic E-state index is 8.49. The van der Waals surface area contributed by atoms with Gasteiger partial charge in [-0.3, -0.25) is 0 Å². The summed E-state index contributed by atoms with van der Waals surface area (Å²) in [6.45, 7) is 2.18. The molecule has 0 rings (SSSR count). The molecule has 0 bridgehead atoms. The van der Waals surface area contributed by atoms with Gasteiger partial charge in [0.2, 0.25) is 0 Å². The summed E-state index contributed by atoms with van der Waals surface area (Å²) in [4.78, 5) is 0. The van der Waals surface area contributed by atoms with E-state index in [9.17, 15) is 0 Å². The fraction of sp³-hybridized carbons (Fsp3) is 0.667. The van der Waals surface area contributed by atoms with Crippen LogP contribution in [0.5, 0.6) is 0 Å². The third-order valence-electron chi connectivity index (χ3n) is 1.24. The number of hydrogen-bond donors (Lipinski definition) is 0. The summed E-state index contributed by atoms with van der Waals surface area (Å²) in [7, 11) is -0.977. The van der Waals surface area contributed by atoms with Crippen LogP contribution in [0, 0.1) is 10.2 Å². The van der Waals surface area contributed by atoms with Crippen LogP contribution in [-0.4, -0.2) is 30.6 Å². The molecule has 0 saturated heterocycles. The van der Waals surface area contributed by atoms with Crippen LogP contribution in [0.3, 0.4) is 0 Å². The molecule has 0 atom stereocenters. The second-order valence-electron chi connectivity index (χ2n) is 3.16. The van der Waals surface area contributed by atoms with Gasteiger partial charge in [-0.25, -0.2) is 23.2 Å². The van der Waals surface area contributed by atoms with Crippen molar-refractivity contribution in [2.24, 2.45) is 0 Å². The van der Waals surface area contributed by atoms with Gasteiger partial charge in [-0.05, 0) is 12.2 Å². The molecule has 102 valence electrons. The van der Waals surface area contributed by atoms with E-state index < -0.39 is 10.2 Å². The third kappa shape index (κ3) is 31.4. The lowest BCUT2D eigenvalue weighted by Gasteiger charge is -2.17. The Hall–Kier alpha value is 0.180. The van der Waals surface area contributed by atoms with Crippen molar-refractivity contribution in [1.29, 1.82) is 0 Å². The van der Waals surface area contributed by atoms with E-state index in [4.69, 9.17) is 30.2 Å². The first-order valence-corrected chi connectivity index (χ1v) is 7.38. The minimum atomic E-state index is -4.94. The summed E-state index contributed by atoms with van der Waals surface area (Å²) in [6.07, 6.45) is 6.36. The molecular weight excluding hydrogens is 289 g/mol. The number of rotatable bonds is 5. The van der Waals surface area contributed by atoms with Crippen molar-refractivity contribution in [2.45, 2.75) is 19.8 Å². The summed E-state index contributed by atoms with van der Waals surface area (Å²) in [5.74, 6) is 1.12. The Morgan fingerprint density at radius 3 is 2.12 bits per heavy atom. The quantitative estimate of drug-likeness (QED) is 0.339. The Balaban J connectivity index is 0. The number of nitrogens with zero attached hydrogens (tertiary/aromatic N) is 1. The molecule has 0 unspecified atom stereocenters. The molecule has 17 heavy (non-hydrogen) atoms. The maximum Gasteiger partial charge on any atom is 0.164 e. The van der Waals surface area contributed by atoms with E-state index in [2.05, 4.69) is 6.92 Å². The van der Waals surface area contributed by atoms with Crippen LogP contribution in [0.4, 0.5) is 0 Å². The van der Waals surface area contributed by atoms with Crippen molar-refractivity contribution in [3.8, 4) is 0 Å². The zero-order valence-electron chi connectivity index (χ0n) is 10.0. The molecule has 0 aliphatic heterocycles. The summed E-state index contributed by atoms with van der Waals surface area (Å²) in [5, 5.41) is 0. The fourth-order valence-electron chi connectivity index (χ4n) is 0.570. The number of unbranched alkanes of at least 4 members (excludes halogenated alkanes) is 1. The van der Waals surface area contributed by atoms with E-state index in [1.807, 2.05) is 31.0 Å². The minimum absolute atomic E-state index is 0.872. The second-order valence-corrected chi connectivity index (χ2v) is 5.69. The standard InChI is InChI=1S/C9H17ClNS.ClHO4/c1-4-5-8-12-9(10)6-7-11(2)3;2-1(3,4)5/h6-7H,4-5,8H2,1-3H3;(H,2,3,4,5)/q+1;/p-1/b9-6+;. The predicted octanol–water partition coefficient (Wildman–Crippen LogP) is -1.81. The van der Waals surface area contributed by atoms with Gasteiger partial charge < -0.3 is 0 Å². The van der Waals surface area contributed by atoms with Gasteiger partial charge in [0.25, 0.3) is 0 Å². The van der Waals surface area contributed by atoms with Gasteiger partial charge >= 0.3 is 0 Å².